The number of benzene rings is 1. The first-order valence-corrected chi connectivity index (χ1v) is 4.76. The average molecular weight is 219 g/mol. The Hall–Kier alpha value is -2.17. The molecule has 0 fully saturated rings. The second-order valence-electron chi connectivity index (χ2n) is 3.20. The Bertz CT molecular complexity index is 480. The number of imidazole rings is 1. The third-order valence-corrected chi connectivity index (χ3v) is 2.34. The molecule has 2 aromatic rings. The first kappa shape index (κ1) is 10.4. The molecule has 0 saturated heterocycles. The highest BCUT2D eigenvalue weighted by Gasteiger charge is 2.13. The fourth-order valence-corrected chi connectivity index (χ4v) is 1.57. The summed E-state index contributed by atoms with van der Waals surface area (Å²) in [4.78, 5) is 3.98. The largest absolute Gasteiger partial charge is 0.495 e. The quantitative estimate of drug-likeness (QED) is 0.794. The maximum atomic E-state index is 6.01. The van der Waals surface area contributed by atoms with Crippen molar-refractivity contribution in [2.75, 3.05) is 20.0 Å². The number of nitrogen functional groups attached to an aromatic ring is 1. The highest BCUT2D eigenvalue weighted by atomic mass is 16.5. The topological polar surface area (TPSA) is 62.3 Å². The van der Waals surface area contributed by atoms with E-state index in [4.69, 9.17) is 15.2 Å². The van der Waals surface area contributed by atoms with Crippen LogP contribution < -0.4 is 15.2 Å². The second kappa shape index (κ2) is 4.14. The number of ether oxygens (including phenoxy) is 2. The number of rotatable bonds is 3. The maximum Gasteiger partial charge on any atom is 0.145 e. The molecule has 0 amide bonds. The number of anilines is 1. The van der Waals surface area contributed by atoms with Crippen molar-refractivity contribution in [1.82, 2.24) is 9.55 Å². The van der Waals surface area contributed by atoms with Crippen LogP contribution in [0.5, 0.6) is 11.5 Å². The molecule has 5 nitrogen and oxygen atoms in total. The van der Waals surface area contributed by atoms with Gasteiger partial charge in [-0.1, -0.05) is 0 Å². The molecule has 84 valence electrons. The first-order valence-electron chi connectivity index (χ1n) is 4.76. The van der Waals surface area contributed by atoms with Crippen LogP contribution in [0.2, 0.25) is 0 Å². The van der Waals surface area contributed by atoms with Crippen LogP contribution >= 0.6 is 0 Å². The van der Waals surface area contributed by atoms with Crippen molar-refractivity contribution in [2.24, 2.45) is 0 Å². The van der Waals surface area contributed by atoms with E-state index in [0.29, 0.717) is 17.2 Å². The van der Waals surface area contributed by atoms with Gasteiger partial charge in [-0.25, -0.2) is 4.98 Å². The number of nitrogens with zero attached hydrogens (tertiary/aromatic N) is 2. The zero-order chi connectivity index (χ0) is 11.5. The van der Waals surface area contributed by atoms with Crippen molar-refractivity contribution >= 4 is 5.69 Å². The van der Waals surface area contributed by atoms with Gasteiger partial charge >= 0.3 is 0 Å². The number of hydrogen-bond donors (Lipinski definition) is 1. The maximum absolute atomic E-state index is 6.01. The van der Waals surface area contributed by atoms with E-state index in [9.17, 15) is 0 Å². The molecule has 2 rings (SSSR count). The molecule has 0 unspecified atom stereocenters. The van der Waals surface area contributed by atoms with E-state index in [-0.39, 0.29) is 0 Å². The molecule has 5 heteroatoms. The summed E-state index contributed by atoms with van der Waals surface area (Å²) in [5.74, 6) is 1.29. The molecule has 0 saturated carbocycles. The van der Waals surface area contributed by atoms with Crippen LogP contribution in [0, 0.1) is 0 Å². The summed E-state index contributed by atoms with van der Waals surface area (Å²) in [5.41, 5.74) is 7.27. The minimum Gasteiger partial charge on any atom is -0.495 e. The van der Waals surface area contributed by atoms with Crippen LogP contribution in [0.15, 0.2) is 30.9 Å². The van der Waals surface area contributed by atoms with Gasteiger partial charge in [0.05, 0.1) is 20.5 Å². The summed E-state index contributed by atoms with van der Waals surface area (Å²) in [6, 6.07) is 3.58. The fourth-order valence-electron chi connectivity index (χ4n) is 1.57. The second-order valence-corrected chi connectivity index (χ2v) is 3.20. The predicted molar refractivity (Wildman–Crippen MR) is 61.1 cm³/mol. The van der Waals surface area contributed by atoms with Gasteiger partial charge in [-0.3, -0.25) is 0 Å². The molecule has 2 N–H and O–H groups in total. The monoisotopic (exact) mass is 219 g/mol. The van der Waals surface area contributed by atoms with Gasteiger partial charge in [-0.2, -0.15) is 0 Å². The van der Waals surface area contributed by atoms with E-state index in [1.807, 2.05) is 6.07 Å². The third-order valence-electron chi connectivity index (χ3n) is 2.34. The zero-order valence-corrected chi connectivity index (χ0v) is 9.18. The lowest BCUT2D eigenvalue weighted by atomic mass is 10.2. The Morgan fingerprint density at radius 1 is 1.19 bits per heavy atom. The Morgan fingerprint density at radius 3 is 2.44 bits per heavy atom. The van der Waals surface area contributed by atoms with Crippen molar-refractivity contribution in [3.05, 3.63) is 30.9 Å². The van der Waals surface area contributed by atoms with Crippen molar-refractivity contribution in [3.63, 3.8) is 0 Å². The minimum absolute atomic E-state index is 0.528. The molecule has 0 atom stereocenters. The summed E-state index contributed by atoms with van der Waals surface area (Å²) in [6.07, 6.45) is 5.14. The van der Waals surface area contributed by atoms with Crippen LogP contribution in [-0.4, -0.2) is 23.8 Å². The van der Waals surface area contributed by atoms with Crippen LogP contribution in [0.4, 0.5) is 5.69 Å². The molecule has 1 aromatic heterocycles. The van der Waals surface area contributed by atoms with Crippen molar-refractivity contribution in [2.45, 2.75) is 0 Å². The smallest absolute Gasteiger partial charge is 0.145 e. The number of methoxy groups -OCH3 is 2. The summed E-state index contributed by atoms with van der Waals surface area (Å²) >= 11 is 0. The third kappa shape index (κ3) is 1.56. The average Bonchev–Trinajstić information content (AvgIpc) is 2.81. The van der Waals surface area contributed by atoms with Crippen LogP contribution in [0.3, 0.4) is 0 Å². The Kier molecular flexibility index (Phi) is 2.68. The SMILES string of the molecule is COc1ccc(OC)c(-n2ccnc2)c1N. The van der Waals surface area contributed by atoms with Gasteiger partial charge in [0.2, 0.25) is 0 Å². The zero-order valence-electron chi connectivity index (χ0n) is 9.18. The highest BCUT2D eigenvalue weighted by molar-refractivity contribution is 5.72. The molecule has 0 aliphatic heterocycles. The highest BCUT2D eigenvalue weighted by Crippen LogP contribution is 2.35. The standard InChI is InChI=1S/C11H13N3O2/c1-15-8-3-4-9(16-2)11(10(8)12)14-6-5-13-7-14/h3-7H,12H2,1-2H3. The molecule has 0 aliphatic carbocycles. The molecule has 0 radical (unpaired) electrons. The Labute approximate surface area is 93.4 Å². The van der Waals surface area contributed by atoms with E-state index >= 15 is 0 Å². The van der Waals surface area contributed by atoms with Gasteiger partial charge < -0.3 is 19.8 Å². The lowest BCUT2D eigenvalue weighted by molar-refractivity contribution is 0.403. The lowest BCUT2D eigenvalue weighted by Gasteiger charge is -2.14. The molecule has 1 heterocycles. The summed E-state index contributed by atoms with van der Waals surface area (Å²) < 4.78 is 12.2. The Balaban J connectivity index is 2.65. The summed E-state index contributed by atoms with van der Waals surface area (Å²) in [5, 5.41) is 0. The van der Waals surface area contributed by atoms with Crippen LogP contribution in [0.1, 0.15) is 0 Å². The van der Waals surface area contributed by atoms with Gasteiger partial charge in [0.1, 0.15) is 22.9 Å². The van der Waals surface area contributed by atoms with E-state index in [1.54, 1.807) is 43.6 Å². The molecule has 0 aliphatic rings. The van der Waals surface area contributed by atoms with E-state index < -0.39 is 0 Å². The number of hydrogen-bond acceptors (Lipinski definition) is 4. The van der Waals surface area contributed by atoms with Gasteiger partial charge in [0.15, 0.2) is 0 Å². The first-order chi connectivity index (χ1) is 7.77. The van der Waals surface area contributed by atoms with Crippen molar-refractivity contribution in [1.29, 1.82) is 0 Å². The molecule has 16 heavy (non-hydrogen) atoms. The number of aromatic nitrogens is 2. The van der Waals surface area contributed by atoms with Crippen LogP contribution in [0.25, 0.3) is 5.69 Å². The summed E-state index contributed by atoms with van der Waals surface area (Å²) in [7, 11) is 3.18. The molecule has 0 bridgehead atoms. The molecular weight excluding hydrogens is 206 g/mol. The van der Waals surface area contributed by atoms with E-state index in [0.717, 1.165) is 5.69 Å². The van der Waals surface area contributed by atoms with Crippen LogP contribution in [-0.2, 0) is 0 Å². The molecule has 0 spiro atoms. The predicted octanol–water partition coefficient (Wildman–Crippen LogP) is 1.47. The van der Waals surface area contributed by atoms with Crippen molar-refractivity contribution in [3.8, 4) is 17.2 Å². The summed E-state index contributed by atoms with van der Waals surface area (Å²) in [6.45, 7) is 0. The minimum atomic E-state index is 0.528. The Morgan fingerprint density at radius 2 is 1.88 bits per heavy atom. The van der Waals surface area contributed by atoms with E-state index in [1.165, 1.54) is 0 Å². The fraction of sp³-hybridized carbons (Fsp3) is 0.182. The van der Waals surface area contributed by atoms with Gasteiger partial charge in [-0.15, -0.1) is 0 Å². The molecular formula is C11H13N3O2. The lowest BCUT2D eigenvalue weighted by Crippen LogP contribution is -2.03. The normalized spacial score (nSPS) is 10.1. The van der Waals surface area contributed by atoms with E-state index in [2.05, 4.69) is 4.98 Å². The van der Waals surface area contributed by atoms with Gasteiger partial charge in [-0.05, 0) is 12.1 Å². The van der Waals surface area contributed by atoms with Gasteiger partial charge in [0, 0.05) is 12.4 Å². The number of nitrogens with two attached hydrogens (primary N) is 1. The van der Waals surface area contributed by atoms with Gasteiger partial charge in [0.25, 0.3) is 0 Å². The molecule has 1 aromatic carbocycles. The van der Waals surface area contributed by atoms with Crippen molar-refractivity contribution < 1.29 is 9.47 Å².